The zero-order valence-electron chi connectivity index (χ0n) is 12.8. The van der Waals surface area contributed by atoms with Gasteiger partial charge in [-0.1, -0.05) is 6.92 Å². The number of hydrogen-bond acceptors (Lipinski definition) is 4. The van der Waals surface area contributed by atoms with Crippen molar-refractivity contribution >= 4 is 11.3 Å². The summed E-state index contributed by atoms with van der Waals surface area (Å²) in [5.74, 6) is 0.712. The Bertz CT molecular complexity index is 427. The van der Waals surface area contributed by atoms with Crippen LogP contribution >= 0.6 is 11.3 Å². The molecule has 0 radical (unpaired) electrons. The maximum absolute atomic E-state index is 6.08. The molecule has 0 spiro atoms. The highest BCUT2D eigenvalue weighted by atomic mass is 32.1. The van der Waals surface area contributed by atoms with Crippen LogP contribution in [0.2, 0.25) is 0 Å². The molecule has 3 unspecified atom stereocenters. The monoisotopic (exact) mass is 281 g/mol. The molecule has 3 atom stereocenters. The van der Waals surface area contributed by atoms with Crippen molar-refractivity contribution < 1.29 is 0 Å². The maximum atomic E-state index is 6.08. The molecule has 19 heavy (non-hydrogen) atoms. The molecule has 0 saturated carbocycles. The second kappa shape index (κ2) is 5.92. The molecule has 2 rings (SSSR count). The van der Waals surface area contributed by atoms with Gasteiger partial charge < -0.3 is 10.6 Å². The highest BCUT2D eigenvalue weighted by molar-refractivity contribution is 7.12. The molecule has 1 fully saturated rings. The number of rotatable bonds is 4. The standard InChI is InChI=1S/C15H27N3S/c1-10-8-18(9-15(10)17(4)5)14(7-16)13-6-11(2)19-12(13)3/h6,10,14-15H,7-9,16H2,1-5H3. The van der Waals surface area contributed by atoms with Crippen molar-refractivity contribution in [3.8, 4) is 0 Å². The van der Waals surface area contributed by atoms with Crippen molar-refractivity contribution in [1.82, 2.24) is 9.80 Å². The molecule has 0 amide bonds. The van der Waals surface area contributed by atoms with Gasteiger partial charge in [-0.25, -0.2) is 0 Å². The number of likely N-dealkylation sites (N-methyl/N-ethyl adjacent to an activating group) is 1. The first-order chi connectivity index (χ1) is 8.93. The summed E-state index contributed by atoms with van der Waals surface area (Å²) in [7, 11) is 4.37. The predicted molar refractivity (Wildman–Crippen MR) is 83.8 cm³/mol. The molecule has 1 aromatic heterocycles. The fraction of sp³-hybridized carbons (Fsp3) is 0.733. The van der Waals surface area contributed by atoms with Gasteiger partial charge in [0.15, 0.2) is 0 Å². The van der Waals surface area contributed by atoms with E-state index in [2.05, 4.69) is 50.7 Å². The second-order valence-electron chi connectivity index (χ2n) is 6.08. The van der Waals surface area contributed by atoms with E-state index in [0.717, 1.165) is 13.1 Å². The zero-order valence-corrected chi connectivity index (χ0v) is 13.6. The first kappa shape index (κ1) is 15.0. The van der Waals surface area contributed by atoms with Gasteiger partial charge in [-0.3, -0.25) is 4.90 Å². The average Bonchev–Trinajstić information content (AvgIpc) is 2.84. The van der Waals surface area contributed by atoms with Crippen molar-refractivity contribution in [3.63, 3.8) is 0 Å². The highest BCUT2D eigenvalue weighted by Crippen LogP contribution is 2.33. The summed E-state index contributed by atoms with van der Waals surface area (Å²) in [4.78, 5) is 7.74. The summed E-state index contributed by atoms with van der Waals surface area (Å²) in [6, 6.07) is 3.36. The number of thiophene rings is 1. The zero-order chi connectivity index (χ0) is 14.2. The summed E-state index contributed by atoms with van der Waals surface area (Å²) >= 11 is 1.89. The van der Waals surface area contributed by atoms with Gasteiger partial charge in [0.2, 0.25) is 0 Å². The Morgan fingerprint density at radius 3 is 2.53 bits per heavy atom. The lowest BCUT2D eigenvalue weighted by molar-refractivity contribution is 0.219. The molecule has 0 bridgehead atoms. The average molecular weight is 281 g/mol. The van der Waals surface area contributed by atoms with Gasteiger partial charge in [-0.15, -0.1) is 11.3 Å². The Morgan fingerprint density at radius 1 is 1.42 bits per heavy atom. The van der Waals surface area contributed by atoms with Crippen LogP contribution in [-0.2, 0) is 0 Å². The lowest BCUT2D eigenvalue weighted by atomic mass is 10.1. The lowest BCUT2D eigenvalue weighted by Crippen LogP contribution is -2.36. The van der Waals surface area contributed by atoms with E-state index in [1.165, 1.54) is 15.3 Å². The maximum Gasteiger partial charge on any atom is 0.0482 e. The Balaban J connectivity index is 2.18. The van der Waals surface area contributed by atoms with Crippen molar-refractivity contribution in [2.75, 3.05) is 33.7 Å². The van der Waals surface area contributed by atoms with Crippen molar-refractivity contribution in [2.45, 2.75) is 32.9 Å². The third kappa shape index (κ3) is 3.02. The fourth-order valence-corrected chi connectivity index (χ4v) is 4.35. The molecule has 3 nitrogen and oxygen atoms in total. The van der Waals surface area contributed by atoms with Crippen molar-refractivity contribution in [3.05, 3.63) is 21.4 Å². The molecule has 1 aliphatic heterocycles. The second-order valence-corrected chi connectivity index (χ2v) is 7.54. The minimum Gasteiger partial charge on any atom is -0.329 e. The van der Waals surface area contributed by atoms with Crippen molar-refractivity contribution in [1.29, 1.82) is 0 Å². The van der Waals surface area contributed by atoms with E-state index in [9.17, 15) is 0 Å². The Kier molecular flexibility index (Phi) is 4.66. The summed E-state index contributed by atoms with van der Waals surface area (Å²) < 4.78 is 0. The molecule has 4 heteroatoms. The molecular weight excluding hydrogens is 254 g/mol. The predicted octanol–water partition coefficient (Wildman–Crippen LogP) is 2.25. The van der Waals surface area contributed by atoms with Gasteiger partial charge in [0.25, 0.3) is 0 Å². The van der Waals surface area contributed by atoms with Crippen LogP contribution in [0.4, 0.5) is 0 Å². The number of nitrogens with zero attached hydrogens (tertiary/aromatic N) is 2. The van der Waals surface area contributed by atoms with E-state index in [1.807, 2.05) is 11.3 Å². The van der Waals surface area contributed by atoms with Gasteiger partial charge in [-0.05, 0) is 45.5 Å². The van der Waals surface area contributed by atoms with Gasteiger partial charge in [0.05, 0.1) is 0 Å². The SMILES string of the molecule is Cc1cc(C(CN)N2CC(C)C(N(C)C)C2)c(C)s1. The summed E-state index contributed by atoms with van der Waals surface area (Å²) in [5, 5.41) is 0. The van der Waals surface area contributed by atoms with Gasteiger partial charge in [0.1, 0.15) is 0 Å². The fourth-order valence-electron chi connectivity index (χ4n) is 3.37. The van der Waals surface area contributed by atoms with E-state index in [4.69, 9.17) is 5.73 Å². The molecular formula is C15H27N3S. The quantitative estimate of drug-likeness (QED) is 0.919. The van der Waals surface area contributed by atoms with E-state index in [0.29, 0.717) is 24.5 Å². The van der Waals surface area contributed by atoms with Gasteiger partial charge in [-0.2, -0.15) is 0 Å². The van der Waals surface area contributed by atoms with E-state index in [1.54, 1.807) is 0 Å². The van der Waals surface area contributed by atoms with Crippen molar-refractivity contribution in [2.24, 2.45) is 11.7 Å². The lowest BCUT2D eigenvalue weighted by Gasteiger charge is -2.28. The molecule has 1 saturated heterocycles. The molecule has 1 aliphatic rings. The van der Waals surface area contributed by atoms with Crippen LogP contribution in [0, 0.1) is 19.8 Å². The number of aryl methyl sites for hydroxylation is 2. The summed E-state index contributed by atoms with van der Waals surface area (Å²) in [5.41, 5.74) is 7.52. The molecule has 108 valence electrons. The third-order valence-electron chi connectivity index (χ3n) is 4.37. The van der Waals surface area contributed by atoms with Crippen LogP contribution in [-0.4, -0.2) is 49.6 Å². The van der Waals surface area contributed by atoms with E-state index < -0.39 is 0 Å². The van der Waals surface area contributed by atoms with E-state index in [-0.39, 0.29) is 0 Å². The largest absolute Gasteiger partial charge is 0.329 e. The number of likely N-dealkylation sites (tertiary alicyclic amines) is 1. The first-order valence-corrected chi connectivity index (χ1v) is 7.93. The number of nitrogens with two attached hydrogens (primary N) is 1. The van der Waals surface area contributed by atoms with Crippen LogP contribution in [0.5, 0.6) is 0 Å². The minimum absolute atomic E-state index is 0.386. The molecule has 1 aromatic rings. The first-order valence-electron chi connectivity index (χ1n) is 7.11. The smallest absolute Gasteiger partial charge is 0.0482 e. The van der Waals surface area contributed by atoms with Crippen LogP contribution in [0.3, 0.4) is 0 Å². The summed E-state index contributed by atoms with van der Waals surface area (Å²) in [6.45, 7) is 9.75. The molecule has 0 aromatic carbocycles. The normalized spacial score (nSPS) is 26.3. The Hall–Kier alpha value is -0.420. The Labute approximate surface area is 121 Å². The number of hydrogen-bond donors (Lipinski definition) is 1. The topological polar surface area (TPSA) is 32.5 Å². The molecule has 0 aliphatic carbocycles. The molecule has 2 heterocycles. The van der Waals surface area contributed by atoms with Crippen LogP contribution in [0.1, 0.15) is 28.3 Å². The Morgan fingerprint density at radius 2 is 2.11 bits per heavy atom. The minimum atomic E-state index is 0.386. The summed E-state index contributed by atoms with van der Waals surface area (Å²) in [6.07, 6.45) is 0. The van der Waals surface area contributed by atoms with Gasteiger partial charge in [0, 0.05) is 41.5 Å². The third-order valence-corrected chi connectivity index (χ3v) is 5.35. The van der Waals surface area contributed by atoms with Gasteiger partial charge >= 0.3 is 0 Å². The highest BCUT2D eigenvalue weighted by Gasteiger charge is 2.35. The van der Waals surface area contributed by atoms with Crippen LogP contribution < -0.4 is 5.73 Å². The van der Waals surface area contributed by atoms with Crippen LogP contribution in [0.25, 0.3) is 0 Å². The van der Waals surface area contributed by atoms with Crippen LogP contribution in [0.15, 0.2) is 6.07 Å². The molecule has 2 N–H and O–H groups in total. The van der Waals surface area contributed by atoms with E-state index >= 15 is 0 Å².